The second-order valence-electron chi connectivity index (χ2n) is 4.34. The molecular weight excluding hydrogens is 262 g/mol. The minimum Gasteiger partial charge on any atom is -0.482 e. The summed E-state index contributed by atoms with van der Waals surface area (Å²) in [6, 6.07) is 10.1. The molecule has 0 radical (unpaired) electrons. The van der Waals surface area contributed by atoms with Gasteiger partial charge in [-0.15, -0.1) is 0 Å². The summed E-state index contributed by atoms with van der Waals surface area (Å²) in [5.74, 6) is -1.89. The van der Waals surface area contributed by atoms with E-state index in [0.29, 0.717) is 5.56 Å². The summed E-state index contributed by atoms with van der Waals surface area (Å²) in [6.45, 7) is 1.74. The number of halogens is 2. The Hall–Kier alpha value is -2.23. The van der Waals surface area contributed by atoms with Crippen LogP contribution in [0.5, 0.6) is 5.75 Å². The highest BCUT2D eigenvalue weighted by Gasteiger charge is 2.10. The molecule has 0 atom stereocenters. The summed E-state index contributed by atoms with van der Waals surface area (Å²) >= 11 is 0. The van der Waals surface area contributed by atoms with Crippen LogP contribution < -0.4 is 4.74 Å². The van der Waals surface area contributed by atoms with Crippen molar-refractivity contribution in [1.29, 1.82) is 0 Å². The van der Waals surface area contributed by atoms with E-state index in [1.165, 1.54) is 0 Å². The quantitative estimate of drug-likeness (QED) is 0.777. The molecular formula is C16H14F2O2. The Kier molecular flexibility index (Phi) is 4.45. The normalized spacial score (nSPS) is 10.3. The zero-order chi connectivity index (χ0) is 14.5. The third kappa shape index (κ3) is 3.41. The number of rotatable bonds is 5. The molecule has 0 amide bonds. The molecule has 0 bridgehead atoms. The topological polar surface area (TPSA) is 26.3 Å². The highest BCUT2D eigenvalue weighted by atomic mass is 19.1. The molecule has 2 aromatic rings. The largest absolute Gasteiger partial charge is 0.482 e. The van der Waals surface area contributed by atoms with E-state index in [1.807, 2.05) is 19.1 Å². The number of carbonyl (C=O) groups is 1. The SMILES string of the molecule is CCc1ccc(C(=O)COc2ccc(F)cc2F)cc1. The van der Waals surface area contributed by atoms with Crippen molar-refractivity contribution < 1.29 is 18.3 Å². The summed E-state index contributed by atoms with van der Waals surface area (Å²) in [5, 5.41) is 0. The van der Waals surface area contributed by atoms with Crippen LogP contribution in [0.25, 0.3) is 0 Å². The first kappa shape index (κ1) is 14.2. The van der Waals surface area contributed by atoms with E-state index < -0.39 is 11.6 Å². The Bertz CT molecular complexity index is 606. The van der Waals surface area contributed by atoms with E-state index in [4.69, 9.17) is 4.74 Å². The van der Waals surface area contributed by atoms with Gasteiger partial charge in [0.1, 0.15) is 5.82 Å². The maximum atomic E-state index is 13.3. The molecule has 0 heterocycles. The van der Waals surface area contributed by atoms with Crippen LogP contribution in [0.1, 0.15) is 22.8 Å². The first-order valence-corrected chi connectivity index (χ1v) is 6.30. The Morgan fingerprint density at radius 1 is 1.10 bits per heavy atom. The third-order valence-corrected chi connectivity index (χ3v) is 2.94. The molecule has 0 aliphatic rings. The minimum atomic E-state index is -0.820. The molecule has 20 heavy (non-hydrogen) atoms. The van der Waals surface area contributed by atoms with Crippen molar-refractivity contribution in [2.24, 2.45) is 0 Å². The monoisotopic (exact) mass is 276 g/mol. The van der Waals surface area contributed by atoms with Gasteiger partial charge in [0, 0.05) is 11.6 Å². The lowest BCUT2D eigenvalue weighted by molar-refractivity contribution is 0.0918. The van der Waals surface area contributed by atoms with Gasteiger partial charge in [-0.3, -0.25) is 4.79 Å². The molecule has 0 aromatic heterocycles. The summed E-state index contributed by atoms with van der Waals surface area (Å²) < 4.78 is 31.1. The van der Waals surface area contributed by atoms with Crippen LogP contribution in [-0.4, -0.2) is 12.4 Å². The number of Topliss-reactive ketones (excluding diaryl/α,β-unsaturated/α-hetero) is 1. The molecule has 0 saturated heterocycles. The van der Waals surface area contributed by atoms with Gasteiger partial charge < -0.3 is 4.74 Å². The van der Waals surface area contributed by atoms with Gasteiger partial charge in [-0.2, -0.15) is 0 Å². The number of aryl methyl sites for hydroxylation is 1. The van der Waals surface area contributed by atoms with Crippen LogP contribution >= 0.6 is 0 Å². The number of carbonyl (C=O) groups excluding carboxylic acids is 1. The van der Waals surface area contributed by atoms with Gasteiger partial charge >= 0.3 is 0 Å². The van der Waals surface area contributed by atoms with Crippen LogP contribution in [0, 0.1) is 11.6 Å². The van der Waals surface area contributed by atoms with Crippen molar-refractivity contribution in [3.63, 3.8) is 0 Å². The number of ketones is 1. The first-order chi connectivity index (χ1) is 9.60. The van der Waals surface area contributed by atoms with E-state index >= 15 is 0 Å². The number of hydrogen-bond acceptors (Lipinski definition) is 2. The molecule has 0 unspecified atom stereocenters. The van der Waals surface area contributed by atoms with Crippen LogP contribution in [-0.2, 0) is 6.42 Å². The maximum absolute atomic E-state index is 13.3. The fourth-order valence-corrected chi connectivity index (χ4v) is 1.75. The van der Waals surface area contributed by atoms with Crippen LogP contribution in [0.15, 0.2) is 42.5 Å². The molecule has 0 saturated carbocycles. The molecule has 4 heteroatoms. The smallest absolute Gasteiger partial charge is 0.200 e. The number of benzene rings is 2. The van der Waals surface area contributed by atoms with Crippen molar-refractivity contribution in [3.05, 3.63) is 65.2 Å². The van der Waals surface area contributed by atoms with Crippen molar-refractivity contribution in [1.82, 2.24) is 0 Å². The standard InChI is InChI=1S/C16H14F2O2/c1-2-11-3-5-12(6-4-11)15(19)10-20-16-8-7-13(17)9-14(16)18/h3-9H,2,10H2,1H3. The lowest BCUT2D eigenvalue weighted by atomic mass is 10.1. The second kappa shape index (κ2) is 6.28. The lowest BCUT2D eigenvalue weighted by Gasteiger charge is -2.07. The van der Waals surface area contributed by atoms with E-state index in [2.05, 4.69) is 0 Å². The minimum absolute atomic E-state index is 0.134. The van der Waals surface area contributed by atoms with Crippen LogP contribution in [0.4, 0.5) is 8.78 Å². The number of hydrogen-bond donors (Lipinski definition) is 0. The second-order valence-corrected chi connectivity index (χ2v) is 4.34. The predicted molar refractivity (Wildman–Crippen MR) is 72.0 cm³/mol. The summed E-state index contributed by atoms with van der Waals surface area (Å²) in [7, 11) is 0. The lowest BCUT2D eigenvalue weighted by Crippen LogP contribution is -2.12. The molecule has 0 fully saturated rings. The van der Waals surface area contributed by atoms with Gasteiger partial charge in [-0.05, 0) is 24.1 Å². The van der Waals surface area contributed by atoms with Crippen molar-refractivity contribution in [2.45, 2.75) is 13.3 Å². The summed E-state index contributed by atoms with van der Waals surface area (Å²) in [5.41, 5.74) is 1.64. The number of ether oxygens (including phenoxy) is 1. The zero-order valence-corrected chi connectivity index (χ0v) is 11.0. The molecule has 2 aromatic carbocycles. The first-order valence-electron chi connectivity index (χ1n) is 6.30. The Morgan fingerprint density at radius 3 is 2.40 bits per heavy atom. The maximum Gasteiger partial charge on any atom is 0.200 e. The zero-order valence-electron chi connectivity index (χ0n) is 11.0. The van der Waals surface area contributed by atoms with Crippen LogP contribution in [0.2, 0.25) is 0 Å². The third-order valence-electron chi connectivity index (χ3n) is 2.94. The van der Waals surface area contributed by atoms with Gasteiger partial charge in [0.2, 0.25) is 0 Å². The molecule has 2 nitrogen and oxygen atoms in total. The van der Waals surface area contributed by atoms with Gasteiger partial charge in [0.25, 0.3) is 0 Å². The van der Waals surface area contributed by atoms with Gasteiger partial charge in [0.05, 0.1) is 0 Å². The summed E-state index contributed by atoms with van der Waals surface area (Å²) in [4.78, 5) is 11.9. The molecule has 2 rings (SSSR count). The van der Waals surface area contributed by atoms with E-state index in [9.17, 15) is 13.6 Å². The van der Waals surface area contributed by atoms with Gasteiger partial charge in [-0.1, -0.05) is 31.2 Å². The predicted octanol–water partition coefficient (Wildman–Crippen LogP) is 3.79. The fraction of sp³-hybridized carbons (Fsp3) is 0.188. The molecule has 0 N–H and O–H groups in total. The Morgan fingerprint density at radius 2 is 1.80 bits per heavy atom. The van der Waals surface area contributed by atoms with Crippen molar-refractivity contribution >= 4 is 5.78 Å². The fourth-order valence-electron chi connectivity index (χ4n) is 1.75. The Labute approximate surface area is 116 Å². The van der Waals surface area contributed by atoms with E-state index in [0.717, 1.165) is 30.2 Å². The Balaban J connectivity index is 2.00. The highest BCUT2D eigenvalue weighted by molar-refractivity contribution is 5.97. The molecule has 0 spiro atoms. The summed E-state index contributed by atoms with van der Waals surface area (Å²) in [6.07, 6.45) is 0.895. The van der Waals surface area contributed by atoms with Crippen molar-refractivity contribution in [3.8, 4) is 5.75 Å². The average Bonchev–Trinajstić information content (AvgIpc) is 2.46. The van der Waals surface area contributed by atoms with Crippen LogP contribution in [0.3, 0.4) is 0 Å². The van der Waals surface area contributed by atoms with Gasteiger partial charge in [0.15, 0.2) is 24.0 Å². The van der Waals surface area contributed by atoms with E-state index in [1.54, 1.807) is 12.1 Å². The van der Waals surface area contributed by atoms with Gasteiger partial charge in [-0.25, -0.2) is 8.78 Å². The molecule has 0 aliphatic carbocycles. The molecule has 0 aliphatic heterocycles. The highest BCUT2D eigenvalue weighted by Crippen LogP contribution is 2.18. The van der Waals surface area contributed by atoms with E-state index in [-0.39, 0.29) is 18.1 Å². The molecule has 104 valence electrons. The average molecular weight is 276 g/mol. The van der Waals surface area contributed by atoms with Crippen molar-refractivity contribution in [2.75, 3.05) is 6.61 Å².